The van der Waals surface area contributed by atoms with E-state index in [0.29, 0.717) is 17.9 Å². The number of anilines is 1. The Labute approximate surface area is 133 Å². The van der Waals surface area contributed by atoms with Gasteiger partial charge in [-0.15, -0.1) is 0 Å². The summed E-state index contributed by atoms with van der Waals surface area (Å²) in [4.78, 5) is 12.0. The van der Waals surface area contributed by atoms with Crippen molar-refractivity contribution in [1.82, 2.24) is 0 Å². The van der Waals surface area contributed by atoms with Crippen LogP contribution in [0.25, 0.3) is 0 Å². The van der Waals surface area contributed by atoms with Gasteiger partial charge in [-0.2, -0.15) is 0 Å². The number of nitrogens with one attached hydrogen (secondary N) is 1. The number of hydrogen-bond donors (Lipinski definition) is 1. The highest BCUT2D eigenvalue weighted by molar-refractivity contribution is 6.31. The lowest BCUT2D eigenvalue weighted by molar-refractivity contribution is 0.104. The summed E-state index contributed by atoms with van der Waals surface area (Å²) < 4.78 is 18.3. The molecule has 0 saturated heterocycles. The molecule has 0 fully saturated rings. The van der Waals surface area contributed by atoms with Crippen LogP contribution >= 0.6 is 11.6 Å². The molecule has 0 atom stereocenters. The maximum absolute atomic E-state index is 13.0. The highest BCUT2D eigenvalue weighted by atomic mass is 35.5. The Bertz CT molecular complexity index is 684. The first-order valence-corrected chi connectivity index (χ1v) is 7.13. The number of rotatable bonds is 6. The Morgan fingerprint density at radius 2 is 2.00 bits per heavy atom. The number of ketones is 1. The molecule has 0 aliphatic carbocycles. The summed E-state index contributed by atoms with van der Waals surface area (Å²) in [5.41, 5.74) is 1.15. The summed E-state index contributed by atoms with van der Waals surface area (Å²) in [5.74, 6) is 0.0903. The van der Waals surface area contributed by atoms with Gasteiger partial charge in [0.25, 0.3) is 0 Å². The lowest BCUT2D eigenvalue weighted by Crippen LogP contribution is -1.97. The molecule has 114 valence electrons. The van der Waals surface area contributed by atoms with Crippen LogP contribution in [0.1, 0.15) is 17.3 Å². The van der Waals surface area contributed by atoms with Crippen molar-refractivity contribution in [3.8, 4) is 5.75 Å². The number of hydrogen-bond acceptors (Lipinski definition) is 3. The fourth-order valence-corrected chi connectivity index (χ4v) is 1.96. The molecule has 2 rings (SSSR count). The van der Waals surface area contributed by atoms with Crippen LogP contribution in [0.5, 0.6) is 5.75 Å². The lowest BCUT2D eigenvalue weighted by Gasteiger charge is -2.03. The largest absolute Gasteiger partial charge is 0.494 e. The van der Waals surface area contributed by atoms with Gasteiger partial charge in [0.1, 0.15) is 11.6 Å². The summed E-state index contributed by atoms with van der Waals surface area (Å²) in [7, 11) is 0. The van der Waals surface area contributed by atoms with Gasteiger partial charge in [-0.3, -0.25) is 4.79 Å². The number of carbonyl (C=O) groups is 1. The van der Waals surface area contributed by atoms with Crippen molar-refractivity contribution in [1.29, 1.82) is 0 Å². The van der Waals surface area contributed by atoms with Crippen molar-refractivity contribution >= 4 is 23.1 Å². The topological polar surface area (TPSA) is 38.3 Å². The normalized spacial score (nSPS) is 10.7. The Kier molecular flexibility index (Phi) is 5.55. The van der Waals surface area contributed by atoms with Gasteiger partial charge in [-0.25, -0.2) is 4.39 Å². The Morgan fingerprint density at radius 3 is 2.64 bits per heavy atom. The predicted molar refractivity (Wildman–Crippen MR) is 86.1 cm³/mol. The molecule has 22 heavy (non-hydrogen) atoms. The van der Waals surface area contributed by atoms with Crippen molar-refractivity contribution < 1.29 is 13.9 Å². The third-order valence-electron chi connectivity index (χ3n) is 2.85. The van der Waals surface area contributed by atoms with Gasteiger partial charge in [0, 0.05) is 23.5 Å². The molecule has 3 nitrogen and oxygen atoms in total. The summed E-state index contributed by atoms with van der Waals surface area (Å²) in [6, 6.07) is 11.1. The second kappa shape index (κ2) is 7.61. The molecular weight excluding hydrogens is 305 g/mol. The number of ether oxygens (including phenoxy) is 1. The maximum Gasteiger partial charge on any atom is 0.187 e. The van der Waals surface area contributed by atoms with Gasteiger partial charge in [0.05, 0.1) is 11.6 Å². The summed E-state index contributed by atoms with van der Waals surface area (Å²) in [5, 5.41) is 2.89. The molecule has 5 heteroatoms. The monoisotopic (exact) mass is 319 g/mol. The Hall–Kier alpha value is -2.33. The van der Waals surface area contributed by atoms with Crippen molar-refractivity contribution in [2.45, 2.75) is 6.92 Å². The second-order valence-electron chi connectivity index (χ2n) is 4.43. The minimum Gasteiger partial charge on any atom is -0.494 e. The average Bonchev–Trinajstić information content (AvgIpc) is 2.52. The van der Waals surface area contributed by atoms with E-state index >= 15 is 0 Å². The molecule has 0 aliphatic rings. The van der Waals surface area contributed by atoms with E-state index in [1.807, 2.05) is 6.92 Å². The smallest absolute Gasteiger partial charge is 0.187 e. The molecule has 0 spiro atoms. The second-order valence-corrected chi connectivity index (χ2v) is 4.84. The van der Waals surface area contributed by atoms with Crippen molar-refractivity contribution in [3.63, 3.8) is 0 Å². The van der Waals surface area contributed by atoms with Crippen LogP contribution in [0.2, 0.25) is 5.02 Å². The number of benzene rings is 2. The van der Waals surface area contributed by atoms with Gasteiger partial charge < -0.3 is 10.1 Å². The molecule has 2 aromatic carbocycles. The fraction of sp³-hybridized carbons (Fsp3) is 0.118. The van der Waals surface area contributed by atoms with Crippen LogP contribution in [-0.2, 0) is 0 Å². The summed E-state index contributed by atoms with van der Waals surface area (Å²) >= 11 is 5.67. The van der Waals surface area contributed by atoms with E-state index < -0.39 is 5.82 Å². The van der Waals surface area contributed by atoms with Crippen molar-refractivity contribution in [3.05, 3.63) is 71.1 Å². The van der Waals surface area contributed by atoms with E-state index in [2.05, 4.69) is 5.32 Å². The third-order valence-corrected chi connectivity index (χ3v) is 3.14. The first-order chi connectivity index (χ1) is 10.6. The quantitative estimate of drug-likeness (QED) is 0.620. The third kappa shape index (κ3) is 4.33. The van der Waals surface area contributed by atoms with Gasteiger partial charge in [-0.05, 0) is 49.4 Å². The molecule has 0 saturated carbocycles. The SMILES string of the molecule is CCOc1ccc(C(=O)/C=C/Nc2ccc(F)c(Cl)c2)cc1. The molecule has 2 aromatic rings. The first kappa shape index (κ1) is 16.0. The van der Waals surface area contributed by atoms with Crippen LogP contribution in [0.15, 0.2) is 54.7 Å². The summed E-state index contributed by atoms with van der Waals surface area (Å²) in [6.45, 7) is 2.48. The van der Waals surface area contributed by atoms with Gasteiger partial charge in [0.2, 0.25) is 0 Å². The molecule has 1 N–H and O–H groups in total. The van der Waals surface area contributed by atoms with Crippen molar-refractivity contribution in [2.24, 2.45) is 0 Å². The van der Waals surface area contributed by atoms with Gasteiger partial charge in [-0.1, -0.05) is 11.6 Å². The molecule has 0 heterocycles. The summed E-state index contributed by atoms with van der Waals surface area (Å²) in [6.07, 6.45) is 2.88. The molecule has 0 aromatic heterocycles. The van der Waals surface area contributed by atoms with Crippen LogP contribution in [0, 0.1) is 5.82 Å². The van der Waals surface area contributed by atoms with E-state index in [0.717, 1.165) is 5.75 Å². The van der Waals surface area contributed by atoms with E-state index in [9.17, 15) is 9.18 Å². The van der Waals surface area contributed by atoms with Crippen LogP contribution in [-0.4, -0.2) is 12.4 Å². The zero-order valence-corrected chi connectivity index (χ0v) is 12.7. The lowest BCUT2D eigenvalue weighted by atomic mass is 10.1. The minimum absolute atomic E-state index is 0.0243. The minimum atomic E-state index is -0.485. The van der Waals surface area contributed by atoms with E-state index in [4.69, 9.17) is 16.3 Å². The maximum atomic E-state index is 13.0. The number of allylic oxidation sites excluding steroid dienone is 1. The molecular formula is C17H15ClFNO2. The van der Waals surface area contributed by atoms with E-state index in [1.54, 1.807) is 24.3 Å². The zero-order valence-electron chi connectivity index (χ0n) is 12.0. The first-order valence-electron chi connectivity index (χ1n) is 6.75. The highest BCUT2D eigenvalue weighted by Crippen LogP contribution is 2.19. The zero-order chi connectivity index (χ0) is 15.9. The molecule has 0 amide bonds. The molecule has 0 bridgehead atoms. The fourth-order valence-electron chi connectivity index (χ4n) is 1.78. The standard InChI is InChI=1S/C17H15ClFNO2/c1-2-22-14-6-3-12(4-7-14)17(21)9-10-20-13-5-8-16(19)15(18)11-13/h3-11,20H,2H2,1H3/b10-9+. The molecule has 0 aliphatic heterocycles. The van der Waals surface area contributed by atoms with Crippen LogP contribution in [0.3, 0.4) is 0 Å². The van der Waals surface area contributed by atoms with Gasteiger partial charge >= 0.3 is 0 Å². The van der Waals surface area contributed by atoms with Crippen LogP contribution < -0.4 is 10.1 Å². The predicted octanol–water partition coefficient (Wildman–Crippen LogP) is 4.69. The average molecular weight is 320 g/mol. The van der Waals surface area contributed by atoms with E-state index in [1.165, 1.54) is 30.5 Å². The van der Waals surface area contributed by atoms with E-state index in [-0.39, 0.29) is 10.8 Å². The number of carbonyl (C=O) groups excluding carboxylic acids is 1. The number of halogens is 2. The Balaban J connectivity index is 1.97. The van der Waals surface area contributed by atoms with Crippen molar-refractivity contribution in [2.75, 3.05) is 11.9 Å². The van der Waals surface area contributed by atoms with Crippen LogP contribution in [0.4, 0.5) is 10.1 Å². The molecule has 0 unspecified atom stereocenters. The van der Waals surface area contributed by atoms with Gasteiger partial charge in [0.15, 0.2) is 5.78 Å². The molecule has 0 radical (unpaired) electrons. The Morgan fingerprint density at radius 1 is 1.27 bits per heavy atom. The highest BCUT2D eigenvalue weighted by Gasteiger charge is 2.02.